The molecule has 2 fully saturated rings. The van der Waals surface area contributed by atoms with Crippen LogP contribution < -0.4 is 4.90 Å². The van der Waals surface area contributed by atoms with Gasteiger partial charge in [0.1, 0.15) is 11.9 Å². The van der Waals surface area contributed by atoms with Gasteiger partial charge >= 0.3 is 0 Å². The lowest BCUT2D eigenvalue weighted by Gasteiger charge is -2.44. The van der Waals surface area contributed by atoms with Crippen molar-refractivity contribution in [3.63, 3.8) is 0 Å². The molecule has 1 amide bonds. The lowest BCUT2D eigenvalue weighted by Crippen LogP contribution is -2.57. The number of carbonyl (C=O) groups excluding carboxylic acids is 1. The molecule has 8 nitrogen and oxygen atoms in total. The van der Waals surface area contributed by atoms with Gasteiger partial charge in [-0.1, -0.05) is 20.4 Å². The molecule has 2 aliphatic rings. The fraction of sp³-hybridized carbons (Fsp3) is 0.500. The first-order valence-corrected chi connectivity index (χ1v) is 11.9. The molecule has 8 heteroatoms. The van der Waals surface area contributed by atoms with Crippen molar-refractivity contribution in [3.8, 4) is 17.2 Å². The fourth-order valence-corrected chi connectivity index (χ4v) is 4.83. The maximum absolute atomic E-state index is 12.6. The third kappa shape index (κ3) is 4.53. The van der Waals surface area contributed by atoms with Crippen LogP contribution in [0.4, 0.5) is 5.82 Å². The van der Waals surface area contributed by atoms with Gasteiger partial charge < -0.3 is 14.9 Å². The molecule has 2 aromatic rings. The van der Waals surface area contributed by atoms with Crippen LogP contribution in [0.3, 0.4) is 0 Å². The Bertz CT molecular complexity index is 1130. The van der Waals surface area contributed by atoms with Gasteiger partial charge in [0.25, 0.3) is 0 Å². The molecule has 0 radical (unpaired) electrons. The Hall–Kier alpha value is -3.31. The van der Waals surface area contributed by atoms with Crippen molar-refractivity contribution in [2.75, 3.05) is 31.1 Å². The standard InChI is InChI=1S/C26H32N6O2/c1-5-20-12-19(14-28-30-20)24-17(4)21(13-27)26(29-25(24)18-6-7-18)31-9-10-32(23(34)8-11-33)22(15-31)16(2)3/h5,12,14,16,18,22,33H,1,6-11,15H2,2-4H3/t22-/m0/s1. The average molecular weight is 461 g/mol. The molecule has 178 valence electrons. The topological polar surface area (TPSA) is 106 Å². The van der Waals surface area contributed by atoms with Crippen LogP contribution in [-0.4, -0.2) is 63.4 Å². The first-order chi connectivity index (χ1) is 16.4. The summed E-state index contributed by atoms with van der Waals surface area (Å²) in [6.45, 7) is 11.6. The molecule has 3 heterocycles. The zero-order valence-electron chi connectivity index (χ0n) is 20.2. The third-order valence-corrected chi connectivity index (χ3v) is 6.84. The maximum Gasteiger partial charge on any atom is 0.225 e. The molecule has 1 N–H and O–H groups in total. The summed E-state index contributed by atoms with van der Waals surface area (Å²) in [6.07, 6.45) is 5.69. The van der Waals surface area contributed by atoms with Gasteiger partial charge in [-0.25, -0.2) is 4.98 Å². The zero-order chi connectivity index (χ0) is 24.4. The molecule has 1 saturated carbocycles. The van der Waals surface area contributed by atoms with Crippen LogP contribution in [0.5, 0.6) is 0 Å². The number of carbonyl (C=O) groups is 1. The molecule has 34 heavy (non-hydrogen) atoms. The van der Waals surface area contributed by atoms with Crippen molar-refractivity contribution in [3.05, 3.63) is 41.4 Å². The Morgan fingerprint density at radius 1 is 1.38 bits per heavy atom. The van der Waals surface area contributed by atoms with Crippen molar-refractivity contribution in [1.82, 2.24) is 20.1 Å². The van der Waals surface area contributed by atoms with E-state index in [1.54, 1.807) is 12.3 Å². The number of amides is 1. The van der Waals surface area contributed by atoms with Crippen LogP contribution in [0.15, 0.2) is 18.8 Å². The summed E-state index contributed by atoms with van der Waals surface area (Å²) in [5, 5.41) is 27.6. The smallest absolute Gasteiger partial charge is 0.225 e. The third-order valence-electron chi connectivity index (χ3n) is 6.84. The number of nitriles is 1. The van der Waals surface area contributed by atoms with Crippen LogP contribution in [-0.2, 0) is 4.79 Å². The number of aliphatic hydroxyl groups excluding tert-OH is 1. The molecule has 0 bridgehead atoms. The molecule has 2 aromatic heterocycles. The first-order valence-electron chi connectivity index (χ1n) is 11.9. The SMILES string of the molecule is C=Cc1cc(-c2c(C3CC3)nc(N3CCN(C(=O)CCO)[C@H](C(C)C)C3)c(C#N)c2C)cnn1. The Labute approximate surface area is 200 Å². The van der Waals surface area contributed by atoms with Gasteiger partial charge in [-0.15, -0.1) is 0 Å². The fourth-order valence-electron chi connectivity index (χ4n) is 4.83. The van der Waals surface area contributed by atoms with E-state index in [0.29, 0.717) is 42.6 Å². The van der Waals surface area contributed by atoms with Crippen LogP contribution in [0.1, 0.15) is 61.5 Å². The number of aliphatic hydroxyl groups is 1. The summed E-state index contributed by atoms with van der Waals surface area (Å²) >= 11 is 0. The van der Waals surface area contributed by atoms with Crippen molar-refractivity contribution >= 4 is 17.8 Å². The van der Waals surface area contributed by atoms with E-state index in [4.69, 9.17) is 4.98 Å². The van der Waals surface area contributed by atoms with Crippen molar-refractivity contribution in [1.29, 1.82) is 5.26 Å². The second-order valence-corrected chi connectivity index (χ2v) is 9.47. The monoisotopic (exact) mass is 460 g/mol. The Balaban J connectivity index is 1.77. The van der Waals surface area contributed by atoms with E-state index in [2.05, 4.69) is 41.6 Å². The van der Waals surface area contributed by atoms with E-state index >= 15 is 0 Å². The number of rotatable bonds is 7. The molecule has 4 rings (SSSR count). The quantitative estimate of drug-likeness (QED) is 0.676. The normalized spacial score (nSPS) is 18.2. The number of piperazine rings is 1. The highest BCUT2D eigenvalue weighted by Crippen LogP contribution is 2.46. The molecule has 0 unspecified atom stereocenters. The van der Waals surface area contributed by atoms with Gasteiger partial charge in [-0.3, -0.25) is 4.79 Å². The van der Waals surface area contributed by atoms with E-state index in [-0.39, 0.29) is 30.9 Å². The first kappa shape index (κ1) is 23.8. The van der Waals surface area contributed by atoms with Crippen LogP contribution in [0.2, 0.25) is 0 Å². The van der Waals surface area contributed by atoms with Gasteiger partial charge in [-0.05, 0) is 43.4 Å². The summed E-state index contributed by atoms with van der Waals surface area (Å²) in [4.78, 5) is 21.8. The Morgan fingerprint density at radius 3 is 2.76 bits per heavy atom. The van der Waals surface area contributed by atoms with E-state index in [0.717, 1.165) is 35.2 Å². The molecule has 0 aromatic carbocycles. The van der Waals surface area contributed by atoms with Gasteiger partial charge in [-0.2, -0.15) is 15.5 Å². The highest BCUT2D eigenvalue weighted by molar-refractivity contribution is 5.79. The van der Waals surface area contributed by atoms with Gasteiger partial charge in [0, 0.05) is 43.1 Å². The lowest BCUT2D eigenvalue weighted by molar-refractivity contribution is -0.135. The predicted molar refractivity (Wildman–Crippen MR) is 131 cm³/mol. The van der Waals surface area contributed by atoms with E-state index in [9.17, 15) is 15.2 Å². The van der Waals surface area contributed by atoms with Crippen LogP contribution in [0, 0.1) is 24.2 Å². The summed E-state index contributed by atoms with van der Waals surface area (Å²) in [6, 6.07) is 4.34. The molecule has 1 aliphatic carbocycles. The van der Waals surface area contributed by atoms with E-state index < -0.39 is 0 Å². The second-order valence-electron chi connectivity index (χ2n) is 9.47. The highest BCUT2D eigenvalue weighted by Gasteiger charge is 2.36. The molecule has 1 saturated heterocycles. The zero-order valence-corrected chi connectivity index (χ0v) is 20.2. The number of anilines is 1. The highest BCUT2D eigenvalue weighted by atomic mass is 16.3. The number of hydrogen-bond donors (Lipinski definition) is 1. The molecular weight excluding hydrogens is 428 g/mol. The molecule has 0 spiro atoms. The van der Waals surface area contributed by atoms with Crippen LogP contribution >= 0.6 is 0 Å². The number of pyridine rings is 1. The number of hydrogen-bond acceptors (Lipinski definition) is 7. The Morgan fingerprint density at radius 2 is 2.15 bits per heavy atom. The van der Waals surface area contributed by atoms with Gasteiger partial charge in [0.15, 0.2) is 0 Å². The number of aromatic nitrogens is 3. The molecule has 1 atom stereocenters. The molecule has 1 aliphatic heterocycles. The van der Waals surface area contributed by atoms with Crippen molar-refractivity contribution in [2.45, 2.75) is 52.0 Å². The van der Waals surface area contributed by atoms with Crippen molar-refractivity contribution < 1.29 is 9.90 Å². The second kappa shape index (κ2) is 9.90. The summed E-state index contributed by atoms with van der Waals surface area (Å²) in [5.74, 6) is 1.28. The number of nitrogens with zero attached hydrogens (tertiary/aromatic N) is 6. The predicted octanol–water partition coefficient (Wildman–Crippen LogP) is 3.29. The summed E-state index contributed by atoms with van der Waals surface area (Å²) < 4.78 is 0. The van der Waals surface area contributed by atoms with E-state index in [1.807, 2.05) is 17.9 Å². The minimum Gasteiger partial charge on any atom is -0.396 e. The largest absolute Gasteiger partial charge is 0.396 e. The molecular formula is C26H32N6O2. The lowest BCUT2D eigenvalue weighted by atomic mass is 9.93. The average Bonchev–Trinajstić information content (AvgIpc) is 3.68. The maximum atomic E-state index is 12.6. The minimum absolute atomic E-state index is 0.00921. The van der Waals surface area contributed by atoms with E-state index in [1.165, 1.54) is 0 Å². The minimum atomic E-state index is -0.146. The van der Waals surface area contributed by atoms with Crippen molar-refractivity contribution in [2.24, 2.45) is 5.92 Å². The van der Waals surface area contributed by atoms with Gasteiger partial charge in [0.05, 0.1) is 35.8 Å². The summed E-state index contributed by atoms with van der Waals surface area (Å²) in [7, 11) is 0. The Kier molecular flexibility index (Phi) is 6.94. The van der Waals surface area contributed by atoms with Crippen LogP contribution in [0.25, 0.3) is 17.2 Å². The van der Waals surface area contributed by atoms with Gasteiger partial charge in [0.2, 0.25) is 5.91 Å². The summed E-state index contributed by atoms with van der Waals surface area (Å²) in [5.41, 5.74) is 5.03.